The van der Waals surface area contributed by atoms with Crippen LogP contribution in [0.4, 0.5) is 5.69 Å². The fourth-order valence-corrected chi connectivity index (χ4v) is 3.95. The highest BCUT2D eigenvalue weighted by atomic mass is 32.2. The predicted molar refractivity (Wildman–Crippen MR) is 104 cm³/mol. The quantitative estimate of drug-likeness (QED) is 0.243. The summed E-state index contributed by atoms with van der Waals surface area (Å²) >= 11 is 3.20. The van der Waals surface area contributed by atoms with Gasteiger partial charge in [0.25, 0.3) is 5.69 Å². The van der Waals surface area contributed by atoms with Crippen molar-refractivity contribution in [2.75, 3.05) is 0 Å². The van der Waals surface area contributed by atoms with Crippen LogP contribution in [0.2, 0.25) is 0 Å². The monoisotopic (exact) mass is 414 g/mol. The minimum atomic E-state index is -0.450. The summed E-state index contributed by atoms with van der Waals surface area (Å²) in [6.45, 7) is 0.799. The number of non-ortho nitro benzene ring substituents is 1. The third kappa shape index (κ3) is 4.26. The van der Waals surface area contributed by atoms with Crippen LogP contribution in [-0.4, -0.2) is 29.9 Å². The highest BCUT2D eigenvalue weighted by Gasteiger charge is 2.13. The normalized spacial score (nSPS) is 11.0. The van der Waals surface area contributed by atoms with Crippen LogP contribution in [0.1, 0.15) is 10.8 Å². The predicted octanol–water partition coefficient (Wildman–Crippen LogP) is 3.83. The third-order valence-electron chi connectivity index (χ3n) is 3.88. The van der Waals surface area contributed by atoms with Gasteiger partial charge >= 0.3 is 0 Å². The molecule has 11 heteroatoms. The van der Waals surface area contributed by atoms with Gasteiger partial charge in [-0.15, -0.1) is 31.7 Å². The van der Waals surface area contributed by atoms with E-state index in [2.05, 4.69) is 31.8 Å². The topological polar surface area (TPSA) is 113 Å². The van der Waals surface area contributed by atoms with Gasteiger partial charge in [-0.1, -0.05) is 17.8 Å². The highest BCUT2D eigenvalue weighted by molar-refractivity contribution is 7.98. The summed E-state index contributed by atoms with van der Waals surface area (Å²) in [5, 5.41) is 29.8. The minimum absolute atomic E-state index is 0.0147. The molecule has 0 aliphatic rings. The molecule has 0 radical (unpaired) electrons. The third-order valence-corrected chi connectivity index (χ3v) is 5.78. The SMILES string of the molecule is O=[N+]([O-])c1ccc(-c2nnc(CSc3nncn3CCc3cccs3)o2)cc1. The molecule has 4 rings (SSSR count). The summed E-state index contributed by atoms with van der Waals surface area (Å²) in [6.07, 6.45) is 2.64. The van der Waals surface area contributed by atoms with Crippen LogP contribution in [0.3, 0.4) is 0 Å². The first-order valence-corrected chi connectivity index (χ1v) is 10.2. The molecule has 4 aromatic rings. The van der Waals surface area contributed by atoms with E-state index < -0.39 is 4.92 Å². The van der Waals surface area contributed by atoms with Crippen LogP contribution in [0.15, 0.2) is 57.7 Å². The molecule has 0 N–H and O–H groups in total. The Balaban J connectivity index is 1.37. The van der Waals surface area contributed by atoms with E-state index in [0.29, 0.717) is 23.1 Å². The number of aromatic nitrogens is 5. The van der Waals surface area contributed by atoms with Gasteiger partial charge in [-0.05, 0) is 30.0 Å². The zero-order chi connectivity index (χ0) is 19.3. The molecule has 0 aliphatic carbocycles. The van der Waals surface area contributed by atoms with Crippen molar-refractivity contribution < 1.29 is 9.34 Å². The zero-order valence-corrected chi connectivity index (χ0v) is 16.1. The number of hydrogen-bond acceptors (Lipinski definition) is 9. The standard InChI is InChI=1S/C17H14N6O3S2/c24-23(25)13-5-3-12(4-6-13)16-20-19-15(26-16)10-28-17-21-18-11-22(17)8-7-14-2-1-9-27-14/h1-6,9,11H,7-8,10H2. The maximum atomic E-state index is 10.7. The first-order chi connectivity index (χ1) is 13.7. The molecule has 1 aromatic carbocycles. The van der Waals surface area contributed by atoms with Crippen LogP contribution in [0, 0.1) is 10.1 Å². The number of aryl methyl sites for hydroxylation is 2. The molecule has 0 amide bonds. The minimum Gasteiger partial charge on any atom is -0.420 e. The van der Waals surface area contributed by atoms with Crippen LogP contribution in [0.5, 0.6) is 0 Å². The van der Waals surface area contributed by atoms with Gasteiger partial charge in [0.1, 0.15) is 6.33 Å². The molecule has 0 bridgehead atoms. The second-order valence-corrected chi connectivity index (χ2v) is 7.70. The lowest BCUT2D eigenvalue weighted by molar-refractivity contribution is -0.384. The Morgan fingerprint density at radius 3 is 2.79 bits per heavy atom. The van der Waals surface area contributed by atoms with Crippen molar-refractivity contribution in [3.63, 3.8) is 0 Å². The van der Waals surface area contributed by atoms with Gasteiger partial charge in [-0.25, -0.2) is 0 Å². The average Bonchev–Trinajstić information content (AvgIpc) is 3.46. The first-order valence-electron chi connectivity index (χ1n) is 8.29. The van der Waals surface area contributed by atoms with Crippen LogP contribution in [-0.2, 0) is 18.7 Å². The molecule has 0 spiro atoms. The summed E-state index contributed by atoms with van der Waals surface area (Å²) in [6, 6.07) is 10.1. The fourth-order valence-electron chi connectivity index (χ4n) is 2.48. The van der Waals surface area contributed by atoms with E-state index in [1.54, 1.807) is 29.8 Å². The number of hydrogen-bond donors (Lipinski definition) is 0. The summed E-state index contributed by atoms with van der Waals surface area (Å²) < 4.78 is 7.66. The van der Waals surface area contributed by atoms with Crippen molar-refractivity contribution >= 4 is 28.8 Å². The van der Waals surface area contributed by atoms with E-state index in [1.807, 2.05) is 10.6 Å². The smallest absolute Gasteiger partial charge is 0.269 e. The first kappa shape index (κ1) is 18.3. The lowest BCUT2D eigenvalue weighted by atomic mass is 10.2. The van der Waals surface area contributed by atoms with E-state index >= 15 is 0 Å². The van der Waals surface area contributed by atoms with Gasteiger partial charge in [-0.3, -0.25) is 10.1 Å². The van der Waals surface area contributed by atoms with E-state index in [-0.39, 0.29) is 5.69 Å². The maximum Gasteiger partial charge on any atom is 0.269 e. The largest absolute Gasteiger partial charge is 0.420 e. The molecule has 142 valence electrons. The highest BCUT2D eigenvalue weighted by Crippen LogP contribution is 2.25. The number of benzene rings is 1. The van der Waals surface area contributed by atoms with Crippen molar-refractivity contribution in [1.29, 1.82) is 0 Å². The Kier molecular flexibility index (Phi) is 5.44. The molecule has 0 fully saturated rings. The number of nitro groups is 1. The summed E-state index contributed by atoms with van der Waals surface area (Å²) in [4.78, 5) is 11.6. The zero-order valence-electron chi connectivity index (χ0n) is 14.5. The molecule has 28 heavy (non-hydrogen) atoms. The van der Waals surface area contributed by atoms with Gasteiger partial charge in [0.05, 0.1) is 10.7 Å². The van der Waals surface area contributed by atoms with E-state index in [9.17, 15) is 10.1 Å². The molecule has 0 atom stereocenters. The Bertz CT molecular complexity index is 1060. The molecule has 0 saturated heterocycles. The molecule has 3 heterocycles. The van der Waals surface area contributed by atoms with Gasteiger partial charge in [0.15, 0.2) is 5.16 Å². The van der Waals surface area contributed by atoms with Crippen LogP contribution >= 0.6 is 23.1 Å². The van der Waals surface area contributed by atoms with Crippen molar-refractivity contribution in [3.8, 4) is 11.5 Å². The summed E-state index contributed by atoms with van der Waals surface area (Å²) in [5.41, 5.74) is 0.648. The number of rotatable bonds is 8. The molecular formula is C17H14N6O3S2. The number of thiophene rings is 1. The average molecular weight is 414 g/mol. The number of nitrogens with zero attached hydrogens (tertiary/aromatic N) is 6. The van der Waals surface area contributed by atoms with Gasteiger partial charge < -0.3 is 8.98 Å². The maximum absolute atomic E-state index is 10.7. The number of nitro benzene ring substituents is 1. The Labute approximate surface area is 167 Å². The van der Waals surface area contributed by atoms with Crippen molar-refractivity contribution in [2.45, 2.75) is 23.9 Å². The second-order valence-electron chi connectivity index (χ2n) is 5.73. The molecule has 9 nitrogen and oxygen atoms in total. The molecule has 3 aromatic heterocycles. The van der Waals surface area contributed by atoms with E-state index in [0.717, 1.165) is 18.1 Å². The molecule has 0 saturated carbocycles. The summed E-state index contributed by atoms with van der Waals surface area (Å²) in [7, 11) is 0. The Morgan fingerprint density at radius 2 is 2.04 bits per heavy atom. The Hall–Kier alpha value is -3.05. The Morgan fingerprint density at radius 1 is 1.18 bits per heavy atom. The van der Waals surface area contributed by atoms with Crippen LogP contribution < -0.4 is 0 Å². The lowest BCUT2D eigenvalue weighted by Gasteiger charge is -2.04. The summed E-state index contributed by atoms with van der Waals surface area (Å²) in [5.74, 6) is 1.23. The van der Waals surface area contributed by atoms with Gasteiger partial charge in [0, 0.05) is 29.1 Å². The van der Waals surface area contributed by atoms with E-state index in [1.165, 1.54) is 28.8 Å². The molecule has 0 aliphatic heterocycles. The molecular weight excluding hydrogens is 400 g/mol. The van der Waals surface area contributed by atoms with Crippen molar-refractivity contribution in [2.24, 2.45) is 0 Å². The van der Waals surface area contributed by atoms with E-state index in [4.69, 9.17) is 4.42 Å². The van der Waals surface area contributed by atoms with Crippen LogP contribution in [0.25, 0.3) is 11.5 Å². The lowest BCUT2D eigenvalue weighted by Crippen LogP contribution is -2.01. The fraction of sp³-hybridized carbons (Fsp3) is 0.176. The second kappa shape index (κ2) is 8.31. The number of thioether (sulfide) groups is 1. The molecule has 0 unspecified atom stereocenters. The van der Waals surface area contributed by atoms with Crippen molar-refractivity contribution in [3.05, 3.63) is 69.0 Å². The van der Waals surface area contributed by atoms with Gasteiger partial charge in [-0.2, -0.15) is 0 Å². The van der Waals surface area contributed by atoms with Crippen molar-refractivity contribution in [1.82, 2.24) is 25.0 Å². The van der Waals surface area contributed by atoms with Gasteiger partial charge in [0.2, 0.25) is 11.8 Å².